The SMILES string of the molecule is COC(=O)n1cc(OC)c2ccccc21. The van der Waals surface area contributed by atoms with Gasteiger partial charge in [-0.15, -0.1) is 0 Å². The average Bonchev–Trinajstić information content (AvgIpc) is 2.67. The van der Waals surface area contributed by atoms with Crippen molar-refractivity contribution in [2.45, 2.75) is 0 Å². The Morgan fingerprint density at radius 3 is 2.67 bits per heavy atom. The molecule has 1 aromatic carbocycles. The first-order valence-electron chi connectivity index (χ1n) is 4.50. The van der Waals surface area contributed by atoms with Crippen LogP contribution in [-0.2, 0) is 4.74 Å². The summed E-state index contributed by atoms with van der Waals surface area (Å²) in [7, 11) is 2.92. The summed E-state index contributed by atoms with van der Waals surface area (Å²) in [6, 6.07) is 7.50. The molecule has 0 saturated carbocycles. The minimum Gasteiger partial charge on any atom is -0.494 e. The molecule has 2 rings (SSSR count). The number of nitrogens with zero attached hydrogens (tertiary/aromatic N) is 1. The van der Waals surface area contributed by atoms with Crippen molar-refractivity contribution >= 4 is 17.0 Å². The molecule has 0 aliphatic carbocycles. The van der Waals surface area contributed by atoms with Crippen LogP contribution in [0.4, 0.5) is 4.79 Å². The third-order valence-electron chi connectivity index (χ3n) is 2.27. The van der Waals surface area contributed by atoms with Gasteiger partial charge >= 0.3 is 6.09 Å². The molecule has 0 bridgehead atoms. The van der Waals surface area contributed by atoms with E-state index in [1.54, 1.807) is 13.3 Å². The number of hydrogen-bond acceptors (Lipinski definition) is 3. The van der Waals surface area contributed by atoms with Crippen LogP contribution in [0.25, 0.3) is 10.9 Å². The lowest BCUT2D eigenvalue weighted by atomic mass is 10.2. The summed E-state index contributed by atoms with van der Waals surface area (Å²) in [4.78, 5) is 11.4. The first-order valence-corrected chi connectivity index (χ1v) is 4.50. The summed E-state index contributed by atoms with van der Waals surface area (Å²) in [5.74, 6) is 0.663. The Morgan fingerprint density at radius 2 is 2.00 bits per heavy atom. The molecule has 1 heterocycles. The highest BCUT2D eigenvalue weighted by Gasteiger charge is 2.13. The van der Waals surface area contributed by atoms with Gasteiger partial charge in [-0.3, -0.25) is 0 Å². The van der Waals surface area contributed by atoms with E-state index in [2.05, 4.69) is 4.74 Å². The van der Waals surface area contributed by atoms with E-state index < -0.39 is 6.09 Å². The van der Waals surface area contributed by atoms with Crippen molar-refractivity contribution in [1.29, 1.82) is 0 Å². The van der Waals surface area contributed by atoms with Gasteiger partial charge in [0.15, 0.2) is 0 Å². The summed E-state index contributed by atoms with van der Waals surface area (Å²) < 4.78 is 11.3. The van der Waals surface area contributed by atoms with Gasteiger partial charge in [0.25, 0.3) is 0 Å². The van der Waals surface area contributed by atoms with E-state index in [1.807, 2.05) is 24.3 Å². The lowest BCUT2D eigenvalue weighted by Crippen LogP contribution is -2.09. The van der Waals surface area contributed by atoms with Gasteiger partial charge in [0.05, 0.1) is 25.9 Å². The number of aromatic nitrogens is 1. The van der Waals surface area contributed by atoms with Crippen LogP contribution in [0.2, 0.25) is 0 Å². The maximum atomic E-state index is 11.4. The Labute approximate surface area is 87.0 Å². The molecule has 0 radical (unpaired) electrons. The zero-order valence-corrected chi connectivity index (χ0v) is 8.56. The van der Waals surface area contributed by atoms with Gasteiger partial charge in [-0.2, -0.15) is 0 Å². The van der Waals surface area contributed by atoms with E-state index in [9.17, 15) is 4.79 Å². The maximum absolute atomic E-state index is 11.4. The molecule has 15 heavy (non-hydrogen) atoms. The maximum Gasteiger partial charge on any atom is 0.418 e. The first kappa shape index (κ1) is 9.58. The van der Waals surface area contributed by atoms with Gasteiger partial charge in [0.2, 0.25) is 0 Å². The van der Waals surface area contributed by atoms with Gasteiger partial charge < -0.3 is 9.47 Å². The monoisotopic (exact) mass is 205 g/mol. The fraction of sp³-hybridized carbons (Fsp3) is 0.182. The number of rotatable bonds is 1. The number of fused-ring (bicyclic) bond motifs is 1. The average molecular weight is 205 g/mol. The topological polar surface area (TPSA) is 40.5 Å². The molecule has 0 amide bonds. The highest BCUT2D eigenvalue weighted by atomic mass is 16.5. The van der Waals surface area contributed by atoms with E-state index in [0.29, 0.717) is 5.75 Å². The van der Waals surface area contributed by atoms with Crippen LogP contribution in [0.5, 0.6) is 5.75 Å². The number of hydrogen-bond donors (Lipinski definition) is 0. The molecule has 4 heteroatoms. The molecule has 0 unspecified atom stereocenters. The van der Waals surface area contributed by atoms with Gasteiger partial charge in [-0.05, 0) is 12.1 Å². The third kappa shape index (κ3) is 1.44. The molecule has 78 valence electrons. The highest BCUT2D eigenvalue weighted by Crippen LogP contribution is 2.27. The summed E-state index contributed by atoms with van der Waals surface area (Å²) in [6.07, 6.45) is 1.20. The molecule has 0 fully saturated rings. The van der Waals surface area contributed by atoms with Crippen molar-refractivity contribution in [3.05, 3.63) is 30.5 Å². The molecule has 0 N–H and O–H groups in total. The molecular weight excluding hydrogens is 194 g/mol. The largest absolute Gasteiger partial charge is 0.494 e. The standard InChI is InChI=1S/C11H11NO3/c1-14-10-7-12(11(13)15-2)9-6-4-3-5-8(9)10/h3-7H,1-2H3. The number of benzene rings is 1. The molecule has 4 nitrogen and oxygen atoms in total. The minimum atomic E-state index is -0.422. The number of ether oxygens (including phenoxy) is 2. The van der Waals surface area contributed by atoms with Crippen molar-refractivity contribution in [3.63, 3.8) is 0 Å². The van der Waals surface area contributed by atoms with E-state index >= 15 is 0 Å². The molecule has 0 spiro atoms. The van der Waals surface area contributed by atoms with Crippen molar-refractivity contribution in [3.8, 4) is 5.75 Å². The summed E-state index contributed by atoms with van der Waals surface area (Å²) in [5.41, 5.74) is 0.779. The van der Waals surface area contributed by atoms with Gasteiger partial charge in [-0.25, -0.2) is 9.36 Å². The van der Waals surface area contributed by atoms with Crippen LogP contribution in [-0.4, -0.2) is 24.9 Å². The Kier molecular flexibility index (Phi) is 2.33. The van der Waals surface area contributed by atoms with E-state index in [4.69, 9.17) is 4.74 Å². The smallest absolute Gasteiger partial charge is 0.418 e. The lowest BCUT2D eigenvalue weighted by molar-refractivity contribution is 0.174. The number of carbonyl (C=O) groups excluding carboxylic acids is 1. The summed E-state index contributed by atoms with van der Waals surface area (Å²) in [6.45, 7) is 0. The van der Waals surface area contributed by atoms with Gasteiger partial charge in [0.1, 0.15) is 5.75 Å². The first-order chi connectivity index (χ1) is 7.27. The molecule has 0 atom stereocenters. The quantitative estimate of drug-likeness (QED) is 0.717. The molecule has 0 aliphatic heterocycles. The second kappa shape index (κ2) is 3.65. The molecule has 0 saturated heterocycles. The van der Waals surface area contributed by atoms with Crippen LogP contribution < -0.4 is 4.74 Å². The van der Waals surface area contributed by atoms with Crippen LogP contribution in [0, 0.1) is 0 Å². The minimum absolute atomic E-state index is 0.422. The number of carbonyl (C=O) groups is 1. The zero-order valence-electron chi connectivity index (χ0n) is 8.56. The van der Waals surface area contributed by atoms with Crippen molar-refractivity contribution < 1.29 is 14.3 Å². The predicted molar refractivity (Wildman–Crippen MR) is 56.3 cm³/mol. The van der Waals surface area contributed by atoms with E-state index in [1.165, 1.54) is 11.7 Å². The number of methoxy groups -OCH3 is 2. The van der Waals surface area contributed by atoms with Crippen molar-refractivity contribution in [2.24, 2.45) is 0 Å². The third-order valence-corrected chi connectivity index (χ3v) is 2.27. The highest BCUT2D eigenvalue weighted by molar-refractivity contribution is 5.93. The van der Waals surface area contributed by atoms with Crippen LogP contribution >= 0.6 is 0 Å². The Morgan fingerprint density at radius 1 is 1.27 bits per heavy atom. The zero-order chi connectivity index (χ0) is 10.8. The van der Waals surface area contributed by atoms with E-state index in [0.717, 1.165) is 10.9 Å². The normalized spacial score (nSPS) is 10.3. The Balaban J connectivity index is 2.70. The summed E-state index contributed by atoms with van der Waals surface area (Å²) in [5, 5.41) is 0.894. The van der Waals surface area contributed by atoms with Gasteiger partial charge in [-0.1, -0.05) is 12.1 Å². The fourth-order valence-electron chi connectivity index (χ4n) is 1.56. The van der Waals surface area contributed by atoms with Gasteiger partial charge in [0, 0.05) is 5.39 Å². The fourth-order valence-corrected chi connectivity index (χ4v) is 1.56. The second-order valence-electron chi connectivity index (χ2n) is 3.05. The Bertz CT molecular complexity index is 502. The van der Waals surface area contributed by atoms with Crippen LogP contribution in [0.1, 0.15) is 0 Å². The van der Waals surface area contributed by atoms with Crippen LogP contribution in [0.3, 0.4) is 0 Å². The van der Waals surface area contributed by atoms with Crippen molar-refractivity contribution in [2.75, 3.05) is 14.2 Å². The van der Waals surface area contributed by atoms with Crippen LogP contribution in [0.15, 0.2) is 30.5 Å². The predicted octanol–water partition coefficient (Wildman–Crippen LogP) is 2.26. The molecule has 0 aliphatic rings. The Hall–Kier alpha value is -1.97. The molecular formula is C11H11NO3. The molecule has 1 aromatic heterocycles. The lowest BCUT2D eigenvalue weighted by Gasteiger charge is -1.99. The van der Waals surface area contributed by atoms with Crippen molar-refractivity contribution in [1.82, 2.24) is 4.57 Å². The molecule has 2 aromatic rings. The second-order valence-corrected chi connectivity index (χ2v) is 3.05. The summed E-state index contributed by atoms with van der Waals surface area (Å²) >= 11 is 0. The number of para-hydroxylation sites is 1. The van der Waals surface area contributed by atoms with E-state index in [-0.39, 0.29) is 0 Å².